The third kappa shape index (κ3) is 4.76. The molecule has 112 valence electrons. The highest BCUT2D eigenvalue weighted by Gasteiger charge is 2.25. The van der Waals surface area contributed by atoms with Crippen LogP contribution in [0.1, 0.15) is 34.6 Å². The van der Waals surface area contributed by atoms with Crippen molar-refractivity contribution in [1.29, 1.82) is 0 Å². The van der Waals surface area contributed by atoms with Crippen LogP contribution in [0.4, 0.5) is 0 Å². The van der Waals surface area contributed by atoms with E-state index in [9.17, 15) is 14.4 Å². The average Bonchev–Trinajstić information content (AvgIpc) is 2.44. The van der Waals surface area contributed by atoms with E-state index in [1.807, 2.05) is 0 Å². The van der Waals surface area contributed by atoms with Gasteiger partial charge in [-0.2, -0.15) is 0 Å². The molecule has 0 aliphatic heterocycles. The summed E-state index contributed by atoms with van der Waals surface area (Å²) in [4.78, 5) is 34.1. The maximum atomic E-state index is 11.9. The van der Waals surface area contributed by atoms with Gasteiger partial charge in [0, 0.05) is 6.08 Å². The monoisotopic (exact) mass is 292 g/mol. The van der Waals surface area contributed by atoms with Crippen LogP contribution in [0.2, 0.25) is 0 Å². The Morgan fingerprint density at radius 1 is 1.24 bits per heavy atom. The molecule has 0 saturated heterocycles. The van der Waals surface area contributed by atoms with Crippen molar-refractivity contribution >= 4 is 17.9 Å². The first-order chi connectivity index (χ1) is 9.76. The Bertz CT molecular complexity index is 573. The van der Waals surface area contributed by atoms with Crippen molar-refractivity contribution < 1.29 is 29.0 Å². The molecule has 0 bridgehead atoms. The van der Waals surface area contributed by atoms with Crippen LogP contribution < -0.4 is 0 Å². The first-order valence-corrected chi connectivity index (χ1v) is 6.11. The molecular weight excluding hydrogens is 276 g/mol. The number of esters is 2. The van der Waals surface area contributed by atoms with Gasteiger partial charge >= 0.3 is 17.9 Å². The third-order valence-corrected chi connectivity index (χ3v) is 2.47. The maximum Gasteiger partial charge on any atom is 0.339 e. The van der Waals surface area contributed by atoms with E-state index >= 15 is 0 Å². The topological polar surface area (TPSA) is 89.9 Å². The number of carboxylic acid groups (broad SMARTS) is 1. The minimum atomic E-state index is -1.22. The lowest BCUT2D eigenvalue weighted by Gasteiger charge is -2.23. The van der Waals surface area contributed by atoms with Crippen LogP contribution in [0.15, 0.2) is 36.9 Å². The molecule has 0 amide bonds. The predicted molar refractivity (Wildman–Crippen MR) is 74.1 cm³/mol. The van der Waals surface area contributed by atoms with E-state index in [0.29, 0.717) is 0 Å². The number of carbonyl (C=O) groups excluding carboxylic acids is 2. The van der Waals surface area contributed by atoms with Gasteiger partial charge in [-0.25, -0.2) is 14.4 Å². The highest BCUT2D eigenvalue weighted by molar-refractivity contribution is 6.02. The van der Waals surface area contributed by atoms with Gasteiger partial charge in [0.1, 0.15) is 12.2 Å². The predicted octanol–water partition coefficient (Wildman–Crippen LogP) is 2.05. The minimum absolute atomic E-state index is 0.0594. The number of ether oxygens (including phenoxy) is 2. The van der Waals surface area contributed by atoms with Crippen molar-refractivity contribution in [3.8, 4) is 0 Å². The Labute approximate surface area is 122 Å². The molecule has 1 aromatic rings. The van der Waals surface area contributed by atoms with Gasteiger partial charge in [0.25, 0.3) is 0 Å². The van der Waals surface area contributed by atoms with Crippen LogP contribution in [0.5, 0.6) is 0 Å². The van der Waals surface area contributed by atoms with Crippen LogP contribution in [-0.4, -0.2) is 35.2 Å². The summed E-state index contributed by atoms with van der Waals surface area (Å²) >= 11 is 0. The quantitative estimate of drug-likeness (QED) is 0.637. The molecule has 0 aromatic heterocycles. The number of carbonyl (C=O) groups is 3. The van der Waals surface area contributed by atoms with Gasteiger partial charge in [-0.15, -0.1) is 0 Å². The van der Waals surface area contributed by atoms with Crippen LogP contribution in [0, 0.1) is 0 Å². The molecule has 0 atom stereocenters. The molecule has 1 rings (SSSR count). The van der Waals surface area contributed by atoms with Crippen molar-refractivity contribution in [2.24, 2.45) is 0 Å². The zero-order valence-corrected chi connectivity index (χ0v) is 11.8. The first kappa shape index (κ1) is 16.4. The van der Waals surface area contributed by atoms with Crippen molar-refractivity contribution in [1.82, 2.24) is 0 Å². The van der Waals surface area contributed by atoms with Crippen molar-refractivity contribution in [3.05, 3.63) is 48.0 Å². The highest BCUT2D eigenvalue weighted by Crippen LogP contribution is 2.14. The lowest BCUT2D eigenvalue weighted by atomic mass is 10.1. The van der Waals surface area contributed by atoms with Crippen molar-refractivity contribution in [2.45, 2.75) is 19.4 Å². The summed E-state index contributed by atoms with van der Waals surface area (Å²) < 4.78 is 10.0. The SMILES string of the molecule is C=CC(=O)OC(C)(C)COC(=O)c1ccccc1C(=O)O. The van der Waals surface area contributed by atoms with Crippen molar-refractivity contribution in [2.75, 3.05) is 6.61 Å². The zero-order valence-electron chi connectivity index (χ0n) is 11.8. The number of carboxylic acids is 1. The molecule has 21 heavy (non-hydrogen) atoms. The van der Waals surface area contributed by atoms with E-state index in [2.05, 4.69) is 6.58 Å². The largest absolute Gasteiger partial charge is 0.478 e. The molecular formula is C15H16O6. The number of rotatable bonds is 6. The highest BCUT2D eigenvalue weighted by atomic mass is 16.6. The summed E-state index contributed by atoms with van der Waals surface area (Å²) in [5, 5.41) is 9.01. The summed E-state index contributed by atoms with van der Waals surface area (Å²) in [6.07, 6.45) is 1.00. The number of hydrogen-bond acceptors (Lipinski definition) is 5. The minimum Gasteiger partial charge on any atom is -0.478 e. The molecule has 1 aromatic carbocycles. The third-order valence-electron chi connectivity index (χ3n) is 2.47. The van der Waals surface area contributed by atoms with Crippen molar-refractivity contribution in [3.63, 3.8) is 0 Å². The molecule has 6 heteroatoms. The van der Waals surface area contributed by atoms with E-state index < -0.39 is 23.5 Å². The van der Waals surface area contributed by atoms with Gasteiger partial charge in [0.2, 0.25) is 0 Å². The lowest BCUT2D eigenvalue weighted by molar-refractivity contribution is -0.153. The molecule has 1 N–H and O–H groups in total. The second-order valence-electron chi connectivity index (χ2n) is 4.81. The lowest BCUT2D eigenvalue weighted by Crippen LogP contribution is -2.34. The molecule has 0 radical (unpaired) electrons. The normalized spacial score (nSPS) is 10.6. The van der Waals surface area contributed by atoms with E-state index in [-0.39, 0.29) is 17.7 Å². The summed E-state index contributed by atoms with van der Waals surface area (Å²) in [5.41, 5.74) is -1.25. The Hall–Kier alpha value is -2.63. The summed E-state index contributed by atoms with van der Waals surface area (Å²) in [5.74, 6) is -2.65. The standard InChI is InChI=1S/C15H16O6/c1-4-12(16)21-15(2,3)9-20-14(19)11-8-6-5-7-10(11)13(17)18/h4-8H,1,9H2,2-3H3,(H,17,18). The molecule has 0 aliphatic rings. The first-order valence-electron chi connectivity index (χ1n) is 6.11. The number of hydrogen-bond donors (Lipinski definition) is 1. The Balaban J connectivity index is 2.77. The van der Waals surface area contributed by atoms with Gasteiger partial charge in [-0.3, -0.25) is 0 Å². The van der Waals surface area contributed by atoms with Gasteiger partial charge in [-0.05, 0) is 26.0 Å². The smallest absolute Gasteiger partial charge is 0.339 e. The molecule has 0 heterocycles. The number of aromatic carboxylic acids is 1. The van der Waals surface area contributed by atoms with Gasteiger partial charge in [0.05, 0.1) is 11.1 Å². The fourth-order valence-corrected chi connectivity index (χ4v) is 1.51. The van der Waals surface area contributed by atoms with Crippen LogP contribution in [0.25, 0.3) is 0 Å². The summed E-state index contributed by atoms with van der Waals surface area (Å²) in [6, 6.07) is 5.71. The number of benzene rings is 1. The van der Waals surface area contributed by atoms with E-state index in [4.69, 9.17) is 14.6 Å². The van der Waals surface area contributed by atoms with Gasteiger partial charge in [-0.1, -0.05) is 18.7 Å². The van der Waals surface area contributed by atoms with E-state index in [0.717, 1.165) is 6.08 Å². The van der Waals surface area contributed by atoms with Gasteiger partial charge in [0.15, 0.2) is 0 Å². The molecule has 0 unspecified atom stereocenters. The van der Waals surface area contributed by atoms with Crippen LogP contribution in [-0.2, 0) is 14.3 Å². The maximum absolute atomic E-state index is 11.9. The Morgan fingerprint density at radius 2 is 1.81 bits per heavy atom. The van der Waals surface area contributed by atoms with E-state index in [1.165, 1.54) is 24.3 Å². The fraction of sp³-hybridized carbons (Fsp3) is 0.267. The Morgan fingerprint density at radius 3 is 2.33 bits per heavy atom. The van der Waals surface area contributed by atoms with Crippen LogP contribution >= 0.6 is 0 Å². The summed E-state index contributed by atoms with van der Waals surface area (Å²) in [7, 11) is 0. The second kappa shape index (κ2) is 6.69. The van der Waals surface area contributed by atoms with Crippen LogP contribution in [0.3, 0.4) is 0 Å². The molecule has 6 nitrogen and oxygen atoms in total. The average molecular weight is 292 g/mol. The Kier molecular flexibility index (Phi) is 5.24. The molecule has 0 aliphatic carbocycles. The van der Waals surface area contributed by atoms with E-state index in [1.54, 1.807) is 13.8 Å². The molecule has 0 saturated carbocycles. The fourth-order valence-electron chi connectivity index (χ4n) is 1.51. The van der Waals surface area contributed by atoms with Gasteiger partial charge < -0.3 is 14.6 Å². The zero-order chi connectivity index (χ0) is 16.0. The molecule has 0 spiro atoms. The summed E-state index contributed by atoms with van der Waals surface area (Å²) in [6.45, 7) is 6.18. The second-order valence-corrected chi connectivity index (χ2v) is 4.81. The molecule has 0 fully saturated rings.